The molecule has 9 heteroatoms. The smallest absolute Gasteiger partial charge is 0.463 e. The van der Waals surface area contributed by atoms with Gasteiger partial charge >= 0.3 is 18.0 Å². The molecule has 2 rings (SSSR count). The van der Waals surface area contributed by atoms with Crippen LogP contribution in [0.3, 0.4) is 0 Å². The number of alkyl halides is 5. The first-order valence-electron chi connectivity index (χ1n) is 5.83. The molecule has 0 saturated carbocycles. The van der Waals surface area contributed by atoms with Crippen LogP contribution in [0.25, 0.3) is 0 Å². The quantitative estimate of drug-likeness (QED) is 0.871. The number of nitrogens with one attached hydrogen (secondary N) is 1. The van der Waals surface area contributed by atoms with E-state index < -0.39 is 24.6 Å². The molecule has 1 N–H and O–H groups in total. The number of ether oxygens (including phenoxy) is 2. The summed E-state index contributed by atoms with van der Waals surface area (Å²) in [4.78, 5) is 10.9. The van der Waals surface area contributed by atoms with E-state index in [9.17, 15) is 26.7 Å². The minimum atomic E-state index is -5.93. The third kappa shape index (κ3) is 3.17. The van der Waals surface area contributed by atoms with E-state index in [0.29, 0.717) is 30.3 Å². The molecule has 0 fully saturated rings. The van der Waals surface area contributed by atoms with Crippen LogP contribution in [-0.2, 0) is 11.3 Å². The van der Waals surface area contributed by atoms with Gasteiger partial charge in [-0.15, -0.1) is 0 Å². The molecule has 0 unspecified atom stereocenters. The van der Waals surface area contributed by atoms with Crippen molar-refractivity contribution in [2.75, 3.05) is 13.2 Å². The van der Waals surface area contributed by atoms with E-state index in [-0.39, 0.29) is 0 Å². The van der Waals surface area contributed by atoms with Crippen molar-refractivity contribution in [2.24, 2.45) is 0 Å². The number of rotatable bonds is 3. The average molecular weight is 311 g/mol. The molecule has 0 atom stereocenters. The summed E-state index contributed by atoms with van der Waals surface area (Å²) < 4.78 is 71.8. The molecule has 0 aliphatic carbocycles. The molecular formula is C12H10F5NO3. The fraction of sp³-hybridized carbons (Fsp3) is 0.417. The van der Waals surface area contributed by atoms with Crippen molar-refractivity contribution in [1.82, 2.24) is 5.32 Å². The topological polar surface area (TPSA) is 47.6 Å². The lowest BCUT2D eigenvalue weighted by Gasteiger charge is -2.20. The minimum absolute atomic E-state index is 0.301. The number of carbonyl (C=O) groups is 1. The lowest BCUT2D eigenvalue weighted by atomic mass is 10.2. The Balaban J connectivity index is 2.02. The SMILES string of the molecule is O=C(NCc1ccc2c(c1)OCCO2)C(F)(F)C(F)(F)F. The Kier molecular flexibility index (Phi) is 3.93. The first-order valence-corrected chi connectivity index (χ1v) is 5.83. The van der Waals surface area contributed by atoms with Crippen molar-refractivity contribution in [2.45, 2.75) is 18.6 Å². The highest BCUT2D eigenvalue weighted by molar-refractivity contribution is 5.84. The molecule has 0 saturated heterocycles. The van der Waals surface area contributed by atoms with Gasteiger partial charge in [-0.05, 0) is 17.7 Å². The Labute approximate surface area is 115 Å². The van der Waals surface area contributed by atoms with Gasteiger partial charge in [-0.2, -0.15) is 22.0 Å². The predicted molar refractivity (Wildman–Crippen MR) is 60.3 cm³/mol. The molecule has 1 aromatic rings. The van der Waals surface area contributed by atoms with Crippen LogP contribution in [0.15, 0.2) is 18.2 Å². The molecule has 0 aromatic heterocycles. The zero-order chi connectivity index (χ0) is 15.7. The monoisotopic (exact) mass is 311 g/mol. The van der Waals surface area contributed by atoms with E-state index in [0.717, 1.165) is 0 Å². The number of fused-ring (bicyclic) bond motifs is 1. The van der Waals surface area contributed by atoms with Gasteiger partial charge in [0.2, 0.25) is 0 Å². The van der Waals surface area contributed by atoms with Crippen molar-refractivity contribution >= 4 is 5.91 Å². The number of amides is 1. The molecule has 1 amide bonds. The summed E-state index contributed by atoms with van der Waals surface area (Å²) in [7, 11) is 0. The van der Waals surface area contributed by atoms with Crippen molar-refractivity contribution in [1.29, 1.82) is 0 Å². The van der Waals surface area contributed by atoms with Crippen LogP contribution in [0.1, 0.15) is 5.56 Å². The average Bonchev–Trinajstić information content (AvgIpc) is 2.43. The highest BCUT2D eigenvalue weighted by atomic mass is 19.4. The summed E-state index contributed by atoms with van der Waals surface area (Å²) in [6, 6.07) is 4.32. The maximum atomic E-state index is 12.7. The van der Waals surface area contributed by atoms with E-state index in [2.05, 4.69) is 0 Å². The normalized spacial score (nSPS) is 14.7. The van der Waals surface area contributed by atoms with Crippen molar-refractivity contribution in [3.63, 3.8) is 0 Å². The molecule has 1 aromatic carbocycles. The van der Waals surface area contributed by atoms with Crippen LogP contribution >= 0.6 is 0 Å². The summed E-state index contributed by atoms with van der Waals surface area (Å²) in [5.41, 5.74) is 0.311. The number of hydrogen-bond acceptors (Lipinski definition) is 3. The van der Waals surface area contributed by atoms with Gasteiger partial charge in [0.25, 0.3) is 0 Å². The Bertz CT molecular complexity index is 544. The van der Waals surface area contributed by atoms with E-state index in [1.54, 1.807) is 5.32 Å². The minimum Gasteiger partial charge on any atom is -0.486 e. The zero-order valence-corrected chi connectivity index (χ0v) is 10.5. The van der Waals surface area contributed by atoms with Gasteiger partial charge in [-0.3, -0.25) is 4.79 Å². The van der Waals surface area contributed by atoms with Gasteiger partial charge in [-0.25, -0.2) is 0 Å². The lowest BCUT2D eigenvalue weighted by molar-refractivity contribution is -0.269. The molecule has 0 spiro atoms. The lowest BCUT2D eigenvalue weighted by Crippen LogP contribution is -2.50. The number of halogens is 5. The fourth-order valence-corrected chi connectivity index (χ4v) is 1.62. The van der Waals surface area contributed by atoms with E-state index in [1.165, 1.54) is 18.2 Å². The van der Waals surface area contributed by atoms with Crippen LogP contribution in [-0.4, -0.2) is 31.2 Å². The summed E-state index contributed by atoms with van der Waals surface area (Å²) in [5.74, 6) is -7.04. The van der Waals surface area contributed by atoms with Gasteiger partial charge in [0.15, 0.2) is 11.5 Å². The number of carbonyl (C=O) groups excluding carboxylic acids is 1. The second-order valence-electron chi connectivity index (χ2n) is 4.23. The Morgan fingerprint density at radius 1 is 1.10 bits per heavy atom. The summed E-state index contributed by atoms with van der Waals surface area (Å²) in [6.07, 6.45) is -5.93. The van der Waals surface area contributed by atoms with Crippen molar-refractivity contribution in [3.8, 4) is 11.5 Å². The number of hydrogen-bond donors (Lipinski definition) is 1. The summed E-state index contributed by atoms with van der Waals surface area (Å²) >= 11 is 0. The van der Waals surface area contributed by atoms with Gasteiger partial charge < -0.3 is 14.8 Å². The molecule has 1 aliphatic heterocycles. The van der Waals surface area contributed by atoms with E-state index in [4.69, 9.17) is 9.47 Å². The van der Waals surface area contributed by atoms with Gasteiger partial charge in [0.05, 0.1) is 0 Å². The van der Waals surface area contributed by atoms with Crippen LogP contribution in [0.5, 0.6) is 11.5 Å². The molecule has 21 heavy (non-hydrogen) atoms. The molecule has 0 bridgehead atoms. The van der Waals surface area contributed by atoms with Crippen molar-refractivity contribution < 1.29 is 36.2 Å². The summed E-state index contributed by atoms with van der Waals surface area (Å²) in [6.45, 7) is 0.178. The highest BCUT2D eigenvalue weighted by Crippen LogP contribution is 2.35. The first kappa shape index (κ1) is 15.3. The number of benzene rings is 1. The van der Waals surface area contributed by atoms with Crippen LogP contribution in [0.2, 0.25) is 0 Å². The van der Waals surface area contributed by atoms with Crippen LogP contribution in [0.4, 0.5) is 22.0 Å². The fourth-order valence-electron chi connectivity index (χ4n) is 1.62. The third-order valence-corrected chi connectivity index (χ3v) is 2.70. The molecular weight excluding hydrogens is 301 g/mol. The molecule has 1 heterocycles. The maximum absolute atomic E-state index is 12.7. The third-order valence-electron chi connectivity index (χ3n) is 2.70. The molecule has 0 radical (unpaired) electrons. The molecule has 116 valence electrons. The Morgan fingerprint density at radius 3 is 2.33 bits per heavy atom. The Hall–Kier alpha value is -2.06. The van der Waals surface area contributed by atoms with Crippen LogP contribution < -0.4 is 14.8 Å². The van der Waals surface area contributed by atoms with E-state index in [1.807, 2.05) is 0 Å². The van der Waals surface area contributed by atoms with Gasteiger partial charge in [-0.1, -0.05) is 6.07 Å². The van der Waals surface area contributed by atoms with Gasteiger partial charge in [0.1, 0.15) is 13.2 Å². The Morgan fingerprint density at radius 2 is 1.71 bits per heavy atom. The standard InChI is InChI=1S/C12H10F5NO3/c13-11(14,12(15,16)17)10(19)18-6-7-1-2-8-9(5-7)21-4-3-20-8/h1-2,5H,3-4,6H2,(H,18,19). The largest absolute Gasteiger partial charge is 0.486 e. The maximum Gasteiger partial charge on any atom is 0.463 e. The predicted octanol–water partition coefficient (Wildman–Crippen LogP) is 2.27. The first-order chi connectivity index (χ1) is 9.72. The van der Waals surface area contributed by atoms with Crippen molar-refractivity contribution in [3.05, 3.63) is 23.8 Å². The van der Waals surface area contributed by atoms with Crippen LogP contribution in [0, 0.1) is 0 Å². The van der Waals surface area contributed by atoms with E-state index >= 15 is 0 Å². The second kappa shape index (κ2) is 5.38. The van der Waals surface area contributed by atoms with Gasteiger partial charge in [0, 0.05) is 6.54 Å². The molecule has 4 nitrogen and oxygen atoms in total. The zero-order valence-electron chi connectivity index (χ0n) is 10.5. The highest BCUT2D eigenvalue weighted by Gasteiger charge is 2.63. The molecule has 1 aliphatic rings. The second-order valence-corrected chi connectivity index (χ2v) is 4.23. The summed E-state index contributed by atoms with van der Waals surface area (Å²) in [5, 5.41) is 1.55.